The molecule has 3 rings (SSSR count). The van der Waals surface area contributed by atoms with E-state index in [1.165, 1.54) is 16.7 Å². The fourth-order valence-electron chi connectivity index (χ4n) is 3.06. The molecule has 3 N–H and O–H groups in total. The first-order valence-electron chi connectivity index (χ1n) is 7.49. The smallest absolute Gasteiger partial charge is 0.352 e. The standard InChI is InChI=1S/C15H16N4O4S/c16-3-1-4-18-5-2-8(12(18)20)6-9-7-24-14-10(17)13(21)19(14)11(9)15(22)23/h6,10,14H,1-2,4-5,7,17H2,(H,22,23)/t10-,14-/m1/s1. The van der Waals surface area contributed by atoms with Crippen LogP contribution >= 0.6 is 11.8 Å². The van der Waals surface area contributed by atoms with Gasteiger partial charge in [-0.25, -0.2) is 4.79 Å². The van der Waals surface area contributed by atoms with Crippen LogP contribution in [0.2, 0.25) is 0 Å². The third-order valence-corrected chi connectivity index (χ3v) is 5.62. The van der Waals surface area contributed by atoms with Crippen LogP contribution < -0.4 is 5.73 Å². The van der Waals surface area contributed by atoms with Crippen LogP contribution in [0.25, 0.3) is 0 Å². The SMILES string of the molecule is N#CCCN1CCC(=CC2=C(C(=O)O)N3C(=O)[C@@H](N)[C@H]3SC2)C1=O. The van der Waals surface area contributed by atoms with E-state index in [0.717, 1.165) is 0 Å². The molecule has 3 heterocycles. The summed E-state index contributed by atoms with van der Waals surface area (Å²) in [6, 6.07) is 1.33. The van der Waals surface area contributed by atoms with Crippen LogP contribution in [0, 0.1) is 11.3 Å². The predicted octanol–water partition coefficient (Wildman–Crippen LogP) is -0.360. The summed E-state index contributed by atoms with van der Waals surface area (Å²) in [5, 5.41) is 17.7. The summed E-state index contributed by atoms with van der Waals surface area (Å²) in [5.74, 6) is -1.40. The lowest BCUT2D eigenvalue weighted by atomic mass is 10.0. The molecule has 24 heavy (non-hydrogen) atoms. The predicted molar refractivity (Wildman–Crippen MR) is 85.2 cm³/mol. The van der Waals surface area contributed by atoms with Gasteiger partial charge < -0.3 is 15.7 Å². The van der Waals surface area contributed by atoms with Crippen molar-refractivity contribution in [3.63, 3.8) is 0 Å². The number of carbonyl (C=O) groups is 3. The van der Waals surface area contributed by atoms with Crippen LogP contribution in [0.5, 0.6) is 0 Å². The lowest BCUT2D eigenvalue weighted by Crippen LogP contribution is -2.68. The minimum absolute atomic E-state index is 0.0822. The van der Waals surface area contributed by atoms with Gasteiger partial charge in [0, 0.05) is 24.4 Å². The van der Waals surface area contributed by atoms with Crippen LogP contribution in [0.3, 0.4) is 0 Å². The molecular formula is C15H16N4O4S. The number of carbonyl (C=O) groups excluding carboxylic acids is 2. The third-order valence-electron chi connectivity index (χ3n) is 4.30. The third kappa shape index (κ3) is 2.57. The van der Waals surface area contributed by atoms with E-state index in [4.69, 9.17) is 11.0 Å². The monoisotopic (exact) mass is 348 g/mol. The molecule has 3 aliphatic heterocycles. The lowest BCUT2D eigenvalue weighted by molar-refractivity contribution is -0.147. The van der Waals surface area contributed by atoms with Gasteiger partial charge in [0.25, 0.3) is 0 Å². The molecule has 0 aromatic heterocycles. The van der Waals surface area contributed by atoms with Gasteiger partial charge in [0.1, 0.15) is 17.1 Å². The van der Waals surface area contributed by atoms with E-state index < -0.39 is 17.9 Å². The Kier molecular flexibility index (Phi) is 4.34. The number of thioether (sulfide) groups is 1. The fourth-order valence-corrected chi connectivity index (χ4v) is 4.31. The Morgan fingerprint density at radius 2 is 2.25 bits per heavy atom. The maximum absolute atomic E-state index is 12.3. The summed E-state index contributed by atoms with van der Waals surface area (Å²) in [7, 11) is 0. The molecule has 2 fully saturated rings. The summed E-state index contributed by atoms with van der Waals surface area (Å²) in [4.78, 5) is 38.6. The van der Waals surface area contributed by atoms with Gasteiger partial charge in [-0.05, 0) is 18.1 Å². The summed E-state index contributed by atoms with van der Waals surface area (Å²) >= 11 is 1.40. The summed E-state index contributed by atoms with van der Waals surface area (Å²) in [5.41, 5.74) is 6.59. The number of aliphatic carboxylic acids is 1. The van der Waals surface area contributed by atoms with Crippen LogP contribution in [-0.4, -0.2) is 62.9 Å². The molecule has 126 valence electrons. The number of fused-ring (bicyclic) bond motifs is 1. The van der Waals surface area contributed by atoms with Crippen molar-refractivity contribution >= 4 is 29.5 Å². The van der Waals surface area contributed by atoms with E-state index >= 15 is 0 Å². The quantitative estimate of drug-likeness (QED) is 0.524. The molecule has 2 saturated heterocycles. The number of nitrogens with zero attached hydrogens (tertiary/aromatic N) is 3. The van der Waals surface area contributed by atoms with Crippen LogP contribution in [-0.2, 0) is 14.4 Å². The molecule has 0 aromatic rings. The second kappa shape index (κ2) is 6.30. The van der Waals surface area contributed by atoms with Crippen molar-refractivity contribution < 1.29 is 19.5 Å². The molecule has 2 amide bonds. The van der Waals surface area contributed by atoms with E-state index in [1.54, 1.807) is 11.0 Å². The van der Waals surface area contributed by atoms with Crippen molar-refractivity contribution in [3.8, 4) is 6.07 Å². The zero-order valence-corrected chi connectivity index (χ0v) is 13.6. The summed E-state index contributed by atoms with van der Waals surface area (Å²) in [6.45, 7) is 0.888. The van der Waals surface area contributed by atoms with Gasteiger partial charge in [-0.3, -0.25) is 14.5 Å². The number of rotatable bonds is 4. The summed E-state index contributed by atoms with van der Waals surface area (Å²) < 4.78 is 0. The second-order valence-corrected chi connectivity index (χ2v) is 6.84. The minimum atomic E-state index is -1.20. The van der Waals surface area contributed by atoms with Crippen molar-refractivity contribution in [2.75, 3.05) is 18.8 Å². The van der Waals surface area contributed by atoms with Gasteiger partial charge in [-0.1, -0.05) is 0 Å². The first-order valence-corrected chi connectivity index (χ1v) is 8.54. The number of hydrogen-bond acceptors (Lipinski definition) is 6. The fraction of sp³-hybridized carbons (Fsp3) is 0.467. The summed E-state index contributed by atoms with van der Waals surface area (Å²) in [6.07, 6.45) is 2.35. The topological polar surface area (TPSA) is 128 Å². The normalized spacial score (nSPS) is 28.1. The number of hydrogen-bond donors (Lipinski definition) is 2. The van der Waals surface area contributed by atoms with Gasteiger partial charge >= 0.3 is 5.97 Å². The molecule has 2 atom stereocenters. The van der Waals surface area contributed by atoms with Crippen LogP contribution in [0.4, 0.5) is 0 Å². The van der Waals surface area contributed by atoms with Gasteiger partial charge in [0.2, 0.25) is 11.8 Å². The molecule has 8 nitrogen and oxygen atoms in total. The van der Waals surface area contributed by atoms with Crippen molar-refractivity contribution in [2.45, 2.75) is 24.3 Å². The number of likely N-dealkylation sites (tertiary alicyclic amines) is 1. The van der Waals surface area contributed by atoms with E-state index in [0.29, 0.717) is 36.4 Å². The molecule has 3 aliphatic rings. The molecule has 0 bridgehead atoms. The maximum atomic E-state index is 12.3. The lowest BCUT2D eigenvalue weighted by Gasteiger charge is -2.47. The number of nitriles is 1. The molecule has 0 aromatic carbocycles. The number of nitrogens with two attached hydrogens (primary N) is 1. The molecule has 0 spiro atoms. The van der Waals surface area contributed by atoms with Crippen molar-refractivity contribution in [2.24, 2.45) is 5.73 Å². The Morgan fingerprint density at radius 1 is 1.50 bits per heavy atom. The molecule has 0 aliphatic carbocycles. The highest BCUT2D eigenvalue weighted by Crippen LogP contribution is 2.40. The number of carboxylic acid groups (broad SMARTS) is 1. The van der Waals surface area contributed by atoms with Crippen LogP contribution in [0.1, 0.15) is 12.8 Å². The first kappa shape index (κ1) is 16.5. The van der Waals surface area contributed by atoms with E-state index in [9.17, 15) is 19.5 Å². The number of amides is 2. The number of carboxylic acids is 1. The van der Waals surface area contributed by atoms with E-state index in [2.05, 4.69) is 0 Å². The van der Waals surface area contributed by atoms with Gasteiger partial charge in [-0.2, -0.15) is 5.26 Å². The highest BCUT2D eigenvalue weighted by molar-refractivity contribution is 8.00. The van der Waals surface area contributed by atoms with E-state index in [-0.39, 0.29) is 23.4 Å². The zero-order chi connectivity index (χ0) is 17.4. The second-order valence-electron chi connectivity index (χ2n) is 5.73. The van der Waals surface area contributed by atoms with Gasteiger partial charge in [-0.15, -0.1) is 11.8 Å². The molecule has 0 unspecified atom stereocenters. The molecule has 0 radical (unpaired) electrons. The highest BCUT2D eigenvalue weighted by Gasteiger charge is 2.51. The maximum Gasteiger partial charge on any atom is 0.352 e. The minimum Gasteiger partial charge on any atom is -0.477 e. The molecular weight excluding hydrogens is 332 g/mol. The van der Waals surface area contributed by atoms with Crippen molar-refractivity contribution in [3.05, 3.63) is 22.9 Å². The van der Waals surface area contributed by atoms with Crippen molar-refractivity contribution in [1.29, 1.82) is 5.26 Å². The molecule has 9 heteroatoms. The van der Waals surface area contributed by atoms with Gasteiger partial charge in [0.05, 0.1) is 12.5 Å². The number of β-lactam (4-membered cyclic amide) rings is 1. The Morgan fingerprint density at radius 3 is 2.92 bits per heavy atom. The number of allylic oxidation sites excluding steroid dienone is 1. The average molecular weight is 348 g/mol. The highest BCUT2D eigenvalue weighted by atomic mass is 32.2. The Hall–Kier alpha value is -2.31. The first-order chi connectivity index (χ1) is 11.5. The van der Waals surface area contributed by atoms with Crippen molar-refractivity contribution in [1.82, 2.24) is 9.80 Å². The Labute approximate surface area is 142 Å². The van der Waals surface area contributed by atoms with Crippen LogP contribution in [0.15, 0.2) is 22.9 Å². The molecule has 0 saturated carbocycles. The largest absolute Gasteiger partial charge is 0.477 e. The zero-order valence-electron chi connectivity index (χ0n) is 12.8. The Balaban J connectivity index is 1.88. The average Bonchev–Trinajstić information content (AvgIpc) is 2.91. The van der Waals surface area contributed by atoms with E-state index in [1.807, 2.05) is 6.07 Å². The Bertz CT molecular complexity index is 723. The van der Waals surface area contributed by atoms with Gasteiger partial charge in [0.15, 0.2) is 0 Å².